The number of fused-ring (bicyclic) bond motifs is 1. The molecule has 0 aliphatic carbocycles. The van der Waals surface area contributed by atoms with Gasteiger partial charge in [0.2, 0.25) is 5.88 Å². The Morgan fingerprint density at radius 2 is 2.04 bits per heavy atom. The van der Waals surface area contributed by atoms with Gasteiger partial charge in [0.15, 0.2) is 0 Å². The number of nitrogens with zero attached hydrogens (tertiary/aromatic N) is 2. The normalized spacial score (nSPS) is 12.1. The zero-order valence-electron chi connectivity index (χ0n) is 12.6. The number of aromatic nitrogens is 2. The minimum absolute atomic E-state index is 0.0250. The Morgan fingerprint density at radius 3 is 2.52 bits per heavy atom. The van der Waals surface area contributed by atoms with Crippen LogP contribution >= 0.6 is 0 Å². The molecule has 126 valence electrons. The number of carboxylic acids is 1. The molecule has 0 aliphatic heterocycles. The first-order valence-electron chi connectivity index (χ1n) is 6.65. The van der Waals surface area contributed by atoms with Gasteiger partial charge < -0.3 is 14.6 Å². The predicted molar refractivity (Wildman–Crippen MR) is 74.5 cm³/mol. The molecule has 6 nitrogen and oxygen atoms in total. The number of aromatic carboxylic acids is 1. The molecule has 2 rings (SSSR count). The van der Waals surface area contributed by atoms with Gasteiger partial charge in [0.05, 0.1) is 22.6 Å². The summed E-state index contributed by atoms with van der Waals surface area (Å²) in [5.41, 5.74) is -1.70. The van der Waals surface area contributed by atoms with Crippen LogP contribution in [-0.4, -0.2) is 34.1 Å². The molecule has 23 heavy (non-hydrogen) atoms. The van der Waals surface area contributed by atoms with E-state index in [1.807, 2.05) is 0 Å². The Morgan fingerprint density at radius 1 is 1.39 bits per heavy atom. The second kappa shape index (κ2) is 6.07. The molecule has 1 aromatic carbocycles. The lowest BCUT2D eigenvalue weighted by atomic mass is 10.1. The van der Waals surface area contributed by atoms with E-state index in [4.69, 9.17) is 9.47 Å². The van der Waals surface area contributed by atoms with E-state index in [-0.39, 0.29) is 29.6 Å². The fourth-order valence-electron chi connectivity index (χ4n) is 2.09. The second-order valence-corrected chi connectivity index (χ2v) is 5.11. The largest absolute Gasteiger partial charge is 0.478 e. The molecule has 0 saturated carbocycles. The molecule has 2 aromatic rings. The third-order valence-corrected chi connectivity index (χ3v) is 2.95. The fraction of sp³-hybridized carbons (Fsp3) is 0.429. The molecule has 1 aromatic heterocycles. The summed E-state index contributed by atoms with van der Waals surface area (Å²) in [6.45, 7) is 3.31. The zero-order chi connectivity index (χ0) is 17.4. The van der Waals surface area contributed by atoms with Crippen LogP contribution in [0.5, 0.6) is 5.88 Å². The predicted octanol–water partition coefficient (Wildman–Crippen LogP) is 3.14. The smallest absolute Gasteiger partial charge is 0.416 e. The Labute approximate surface area is 129 Å². The number of benzene rings is 1. The van der Waals surface area contributed by atoms with Crippen molar-refractivity contribution in [3.8, 4) is 5.88 Å². The van der Waals surface area contributed by atoms with Crippen molar-refractivity contribution in [1.29, 1.82) is 0 Å². The van der Waals surface area contributed by atoms with Gasteiger partial charge in [-0.25, -0.2) is 9.48 Å². The van der Waals surface area contributed by atoms with E-state index in [9.17, 15) is 23.1 Å². The van der Waals surface area contributed by atoms with Crippen molar-refractivity contribution < 1.29 is 32.5 Å². The molecule has 0 saturated heterocycles. The van der Waals surface area contributed by atoms with Crippen LogP contribution < -0.4 is 4.74 Å². The third-order valence-electron chi connectivity index (χ3n) is 2.95. The third kappa shape index (κ3) is 3.39. The van der Waals surface area contributed by atoms with Crippen LogP contribution in [0.4, 0.5) is 13.2 Å². The summed E-state index contributed by atoms with van der Waals surface area (Å²) >= 11 is 0. The van der Waals surface area contributed by atoms with Crippen molar-refractivity contribution in [2.75, 3.05) is 7.11 Å². The molecule has 1 heterocycles. The van der Waals surface area contributed by atoms with Gasteiger partial charge in [-0.15, -0.1) is 0 Å². The van der Waals surface area contributed by atoms with Gasteiger partial charge in [-0.2, -0.15) is 18.3 Å². The highest BCUT2D eigenvalue weighted by Gasteiger charge is 2.34. The number of rotatable bonds is 5. The van der Waals surface area contributed by atoms with Crippen LogP contribution in [0.1, 0.15) is 29.8 Å². The number of hydrogen-bond donors (Lipinski definition) is 1. The summed E-state index contributed by atoms with van der Waals surface area (Å²) < 4.78 is 50.7. The summed E-state index contributed by atoms with van der Waals surface area (Å²) in [5.74, 6) is -1.47. The van der Waals surface area contributed by atoms with Crippen LogP contribution in [0.2, 0.25) is 0 Å². The Balaban J connectivity index is 2.81. The van der Waals surface area contributed by atoms with Gasteiger partial charge in [-0.3, -0.25) is 0 Å². The van der Waals surface area contributed by atoms with Crippen LogP contribution in [0, 0.1) is 0 Å². The molecular weight excluding hydrogens is 317 g/mol. The summed E-state index contributed by atoms with van der Waals surface area (Å²) in [7, 11) is 1.38. The SMILES string of the molecule is COCn1nc2c(C(=O)O)cc(C(F)(F)F)cc2c1OC(C)C. The van der Waals surface area contributed by atoms with Gasteiger partial charge in [-0.1, -0.05) is 0 Å². The zero-order valence-corrected chi connectivity index (χ0v) is 12.6. The maximum atomic E-state index is 13.0. The fourth-order valence-corrected chi connectivity index (χ4v) is 2.09. The first-order valence-corrected chi connectivity index (χ1v) is 6.65. The van der Waals surface area contributed by atoms with Gasteiger partial charge in [-0.05, 0) is 26.0 Å². The van der Waals surface area contributed by atoms with Crippen LogP contribution in [-0.2, 0) is 17.6 Å². The molecule has 0 bridgehead atoms. The van der Waals surface area contributed by atoms with Crippen molar-refractivity contribution in [1.82, 2.24) is 9.78 Å². The van der Waals surface area contributed by atoms with Crippen LogP contribution in [0.25, 0.3) is 10.9 Å². The molecule has 0 spiro atoms. The molecule has 0 aliphatic rings. The first-order chi connectivity index (χ1) is 10.6. The average molecular weight is 332 g/mol. The van der Waals surface area contributed by atoms with E-state index in [0.717, 1.165) is 6.07 Å². The number of halogens is 3. The average Bonchev–Trinajstić information content (AvgIpc) is 2.74. The van der Waals surface area contributed by atoms with E-state index >= 15 is 0 Å². The van der Waals surface area contributed by atoms with E-state index in [1.165, 1.54) is 11.8 Å². The van der Waals surface area contributed by atoms with Crippen molar-refractivity contribution in [2.24, 2.45) is 0 Å². The number of carboxylic acid groups (broad SMARTS) is 1. The second-order valence-electron chi connectivity index (χ2n) is 5.11. The number of ether oxygens (including phenoxy) is 2. The van der Waals surface area contributed by atoms with Gasteiger partial charge in [0.1, 0.15) is 12.2 Å². The first kappa shape index (κ1) is 17.1. The Bertz CT molecular complexity index is 738. The standard InChI is InChI=1S/C14H15F3N2O4/c1-7(2)23-12-9-4-8(14(15,16)17)5-10(13(20)21)11(9)18-19(12)6-22-3/h4-5,7H,6H2,1-3H3,(H,20,21). The molecular formula is C14H15F3N2O4. The molecule has 0 unspecified atom stereocenters. The molecule has 9 heteroatoms. The lowest BCUT2D eigenvalue weighted by Gasteiger charge is -2.12. The molecule has 0 amide bonds. The topological polar surface area (TPSA) is 73.6 Å². The van der Waals surface area contributed by atoms with E-state index in [1.54, 1.807) is 13.8 Å². The van der Waals surface area contributed by atoms with Crippen molar-refractivity contribution in [3.63, 3.8) is 0 Å². The maximum Gasteiger partial charge on any atom is 0.416 e. The Kier molecular flexibility index (Phi) is 4.51. The lowest BCUT2D eigenvalue weighted by Crippen LogP contribution is -2.12. The maximum absolute atomic E-state index is 13.0. The van der Waals surface area contributed by atoms with Gasteiger partial charge in [0, 0.05) is 7.11 Å². The highest BCUT2D eigenvalue weighted by Crippen LogP contribution is 2.36. The monoisotopic (exact) mass is 332 g/mol. The van der Waals surface area contributed by atoms with Crippen LogP contribution in [0.3, 0.4) is 0 Å². The summed E-state index contributed by atoms with van der Waals surface area (Å²) in [4.78, 5) is 11.3. The summed E-state index contributed by atoms with van der Waals surface area (Å²) in [6, 6.07) is 1.40. The number of alkyl halides is 3. The molecule has 0 radical (unpaired) electrons. The summed E-state index contributed by atoms with van der Waals surface area (Å²) in [6.07, 6.45) is -5.02. The number of carbonyl (C=O) groups is 1. The summed E-state index contributed by atoms with van der Waals surface area (Å²) in [5, 5.41) is 13.2. The highest BCUT2D eigenvalue weighted by atomic mass is 19.4. The van der Waals surface area contributed by atoms with Gasteiger partial charge in [0.25, 0.3) is 0 Å². The van der Waals surface area contributed by atoms with Crippen molar-refractivity contribution in [2.45, 2.75) is 32.9 Å². The molecule has 0 fully saturated rings. The van der Waals surface area contributed by atoms with Crippen LogP contribution in [0.15, 0.2) is 12.1 Å². The minimum Gasteiger partial charge on any atom is -0.478 e. The lowest BCUT2D eigenvalue weighted by molar-refractivity contribution is -0.137. The van der Waals surface area contributed by atoms with E-state index in [2.05, 4.69) is 5.10 Å². The minimum atomic E-state index is -4.68. The molecule has 0 atom stereocenters. The van der Waals surface area contributed by atoms with Crippen molar-refractivity contribution in [3.05, 3.63) is 23.3 Å². The van der Waals surface area contributed by atoms with Crippen molar-refractivity contribution >= 4 is 16.9 Å². The van der Waals surface area contributed by atoms with Gasteiger partial charge >= 0.3 is 12.1 Å². The number of methoxy groups -OCH3 is 1. The molecule has 1 N–H and O–H groups in total. The quantitative estimate of drug-likeness (QED) is 0.910. The number of hydrogen-bond acceptors (Lipinski definition) is 4. The van der Waals surface area contributed by atoms with E-state index < -0.39 is 23.3 Å². The van der Waals surface area contributed by atoms with E-state index in [0.29, 0.717) is 6.07 Å². The highest BCUT2D eigenvalue weighted by molar-refractivity contribution is 6.03. The Hall–Kier alpha value is -2.29.